The number of fused-ring (bicyclic) bond motifs is 1. The fourth-order valence-corrected chi connectivity index (χ4v) is 3.90. The van der Waals surface area contributed by atoms with Gasteiger partial charge in [-0.15, -0.1) is 0 Å². The van der Waals surface area contributed by atoms with Crippen LogP contribution in [-0.2, 0) is 19.0 Å². The molecule has 0 saturated heterocycles. The Morgan fingerprint density at radius 2 is 1.81 bits per heavy atom. The second-order valence-electron chi connectivity index (χ2n) is 7.99. The predicted molar refractivity (Wildman–Crippen MR) is 118 cm³/mol. The minimum Gasteiger partial charge on any atom is -0.339 e. The molecule has 2 aromatic carbocycles. The van der Waals surface area contributed by atoms with E-state index < -0.39 is 11.7 Å². The number of anilines is 4. The van der Waals surface area contributed by atoms with Crippen LogP contribution in [0.15, 0.2) is 48.5 Å². The average Bonchev–Trinajstić information content (AvgIpc) is 2.73. The van der Waals surface area contributed by atoms with Gasteiger partial charge in [-0.2, -0.15) is 18.2 Å². The van der Waals surface area contributed by atoms with Crippen molar-refractivity contribution < 1.29 is 18.0 Å². The molecular formula is C24H23F3N4O. The van der Waals surface area contributed by atoms with E-state index in [1.165, 1.54) is 12.1 Å². The summed E-state index contributed by atoms with van der Waals surface area (Å²) in [4.78, 5) is 21.8. The zero-order valence-corrected chi connectivity index (χ0v) is 17.8. The van der Waals surface area contributed by atoms with Gasteiger partial charge in [0.1, 0.15) is 5.82 Å². The molecule has 1 atom stereocenters. The van der Waals surface area contributed by atoms with Crippen LogP contribution in [0.4, 0.5) is 36.3 Å². The summed E-state index contributed by atoms with van der Waals surface area (Å²) in [6, 6.07) is 12.6. The third kappa shape index (κ3) is 4.59. The van der Waals surface area contributed by atoms with Crippen LogP contribution in [-0.4, -0.2) is 15.8 Å². The Morgan fingerprint density at radius 3 is 2.56 bits per heavy atom. The second-order valence-corrected chi connectivity index (χ2v) is 7.99. The van der Waals surface area contributed by atoms with Crippen molar-refractivity contribution in [2.24, 2.45) is 5.92 Å². The summed E-state index contributed by atoms with van der Waals surface area (Å²) in [7, 11) is 0. The number of hydrogen-bond donors (Lipinski definition) is 2. The summed E-state index contributed by atoms with van der Waals surface area (Å²) >= 11 is 0. The number of carbonyl (C=O) groups excluding carboxylic acids is 1. The van der Waals surface area contributed by atoms with Gasteiger partial charge in [0.25, 0.3) is 0 Å². The number of halogens is 3. The van der Waals surface area contributed by atoms with Gasteiger partial charge >= 0.3 is 6.18 Å². The van der Waals surface area contributed by atoms with E-state index in [9.17, 15) is 18.0 Å². The zero-order chi connectivity index (χ0) is 22.9. The first-order valence-corrected chi connectivity index (χ1v) is 10.5. The van der Waals surface area contributed by atoms with Gasteiger partial charge in [-0.1, -0.05) is 38.1 Å². The molecule has 8 heteroatoms. The van der Waals surface area contributed by atoms with Gasteiger partial charge in [0.15, 0.2) is 5.78 Å². The van der Waals surface area contributed by atoms with Gasteiger partial charge < -0.3 is 10.6 Å². The summed E-state index contributed by atoms with van der Waals surface area (Å²) in [5.41, 5.74) is 2.38. The molecule has 0 aliphatic heterocycles. The van der Waals surface area contributed by atoms with Gasteiger partial charge in [-0.05, 0) is 48.6 Å². The molecule has 166 valence electrons. The Bertz CT molecular complexity index is 1160. The average molecular weight is 440 g/mol. The van der Waals surface area contributed by atoms with E-state index in [4.69, 9.17) is 0 Å². The molecule has 1 aliphatic rings. The molecule has 0 amide bonds. The number of rotatable bonds is 5. The standard InChI is InChI=1S/C24H23F3N4O/c1-3-15-7-4-5-10-18(15)29-22-21-19(11-14(2)12-20(21)32)30-23(31-22)28-17-9-6-8-16(13-17)24(25,26)27/h4-10,13-14H,3,11-12H2,1-2H3,(H2,28,29,30,31). The van der Waals surface area contributed by atoms with Crippen LogP contribution in [0.2, 0.25) is 0 Å². The van der Waals surface area contributed by atoms with Gasteiger partial charge in [0, 0.05) is 17.8 Å². The van der Waals surface area contributed by atoms with Crippen molar-refractivity contribution in [2.45, 2.75) is 39.3 Å². The highest BCUT2D eigenvalue weighted by Gasteiger charge is 2.31. The van der Waals surface area contributed by atoms with Gasteiger partial charge in [-0.3, -0.25) is 4.79 Å². The second kappa shape index (κ2) is 8.61. The molecule has 0 bridgehead atoms. The molecule has 2 N–H and O–H groups in total. The first-order valence-electron chi connectivity index (χ1n) is 10.5. The van der Waals surface area contributed by atoms with E-state index in [0.29, 0.717) is 29.9 Å². The van der Waals surface area contributed by atoms with Crippen LogP contribution in [0.3, 0.4) is 0 Å². The van der Waals surface area contributed by atoms with Crippen molar-refractivity contribution >= 4 is 28.9 Å². The Kier molecular flexibility index (Phi) is 5.86. The summed E-state index contributed by atoms with van der Waals surface area (Å²) in [6.45, 7) is 4.01. The topological polar surface area (TPSA) is 66.9 Å². The van der Waals surface area contributed by atoms with Crippen LogP contribution >= 0.6 is 0 Å². The van der Waals surface area contributed by atoms with Gasteiger partial charge in [0.05, 0.1) is 16.8 Å². The van der Waals surface area contributed by atoms with Crippen molar-refractivity contribution in [3.63, 3.8) is 0 Å². The lowest BCUT2D eigenvalue weighted by molar-refractivity contribution is -0.137. The van der Waals surface area contributed by atoms with E-state index in [-0.39, 0.29) is 23.3 Å². The molecule has 0 spiro atoms. The molecule has 5 nitrogen and oxygen atoms in total. The van der Waals surface area contributed by atoms with Gasteiger partial charge in [-0.25, -0.2) is 4.98 Å². The Labute approximate surface area is 184 Å². The lowest BCUT2D eigenvalue weighted by Gasteiger charge is -2.23. The summed E-state index contributed by atoms with van der Waals surface area (Å²) in [6.07, 6.45) is -2.67. The summed E-state index contributed by atoms with van der Waals surface area (Å²) < 4.78 is 39.3. The lowest BCUT2D eigenvalue weighted by Crippen LogP contribution is -2.22. The third-order valence-electron chi connectivity index (χ3n) is 5.44. The predicted octanol–water partition coefficient (Wildman–Crippen LogP) is 6.31. The SMILES string of the molecule is CCc1ccccc1Nc1nc(Nc2cccc(C(F)(F)F)c2)nc2c1C(=O)CC(C)C2. The number of aromatic nitrogens is 2. The molecule has 1 aromatic heterocycles. The van der Waals surface area contributed by atoms with E-state index in [2.05, 4.69) is 20.6 Å². The summed E-state index contributed by atoms with van der Waals surface area (Å²) in [5.74, 6) is 0.590. The van der Waals surface area contributed by atoms with Crippen molar-refractivity contribution in [3.05, 3.63) is 70.9 Å². The number of Topliss-reactive ketones (excluding diaryl/α,β-unsaturated/α-hetero) is 1. The normalized spacial score (nSPS) is 15.9. The number of nitrogens with one attached hydrogen (secondary N) is 2. The van der Waals surface area contributed by atoms with Crippen LogP contribution in [0.5, 0.6) is 0 Å². The highest BCUT2D eigenvalue weighted by atomic mass is 19.4. The van der Waals surface area contributed by atoms with Crippen LogP contribution < -0.4 is 10.6 Å². The maximum absolute atomic E-state index is 13.1. The van der Waals surface area contributed by atoms with Crippen molar-refractivity contribution in [1.29, 1.82) is 0 Å². The molecule has 0 saturated carbocycles. The largest absolute Gasteiger partial charge is 0.416 e. The van der Waals surface area contributed by atoms with E-state index >= 15 is 0 Å². The first-order chi connectivity index (χ1) is 15.2. The monoisotopic (exact) mass is 440 g/mol. The lowest BCUT2D eigenvalue weighted by atomic mass is 9.87. The molecule has 1 heterocycles. The highest BCUT2D eigenvalue weighted by Crippen LogP contribution is 2.34. The van der Waals surface area contributed by atoms with Crippen molar-refractivity contribution in [1.82, 2.24) is 9.97 Å². The highest BCUT2D eigenvalue weighted by molar-refractivity contribution is 6.03. The maximum atomic E-state index is 13.1. The molecule has 3 aromatic rings. The number of hydrogen-bond acceptors (Lipinski definition) is 5. The molecule has 0 fully saturated rings. The van der Waals surface area contributed by atoms with E-state index in [1.54, 1.807) is 0 Å². The Balaban J connectivity index is 1.75. The number of benzene rings is 2. The number of para-hydroxylation sites is 1. The molecule has 32 heavy (non-hydrogen) atoms. The van der Waals surface area contributed by atoms with Crippen LogP contribution in [0.1, 0.15) is 47.4 Å². The molecule has 1 unspecified atom stereocenters. The number of aryl methyl sites for hydroxylation is 1. The smallest absolute Gasteiger partial charge is 0.339 e. The van der Waals surface area contributed by atoms with E-state index in [1.807, 2.05) is 38.1 Å². The number of carbonyl (C=O) groups is 1. The minimum absolute atomic E-state index is 0.0409. The Morgan fingerprint density at radius 1 is 1.03 bits per heavy atom. The molecule has 0 radical (unpaired) electrons. The fourth-order valence-electron chi connectivity index (χ4n) is 3.90. The van der Waals surface area contributed by atoms with Crippen molar-refractivity contribution in [2.75, 3.05) is 10.6 Å². The van der Waals surface area contributed by atoms with Crippen molar-refractivity contribution in [3.8, 4) is 0 Å². The third-order valence-corrected chi connectivity index (χ3v) is 5.44. The zero-order valence-electron chi connectivity index (χ0n) is 17.8. The molecule has 1 aliphatic carbocycles. The minimum atomic E-state index is -4.45. The molecule has 4 rings (SSSR count). The fraction of sp³-hybridized carbons (Fsp3) is 0.292. The number of nitrogens with zero attached hydrogens (tertiary/aromatic N) is 2. The Hall–Kier alpha value is -3.42. The van der Waals surface area contributed by atoms with Gasteiger partial charge in [0.2, 0.25) is 5.95 Å². The summed E-state index contributed by atoms with van der Waals surface area (Å²) in [5, 5.41) is 6.14. The number of ketones is 1. The number of alkyl halides is 3. The van der Waals surface area contributed by atoms with Crippen LogP contribution in [0, 0.1) is 5.92 Å². The van der Waals surface area contributed by atoms with Crippen LogP contribution in [0.25, 0.3) is 0 Å². The molecular weight excluding hydrogens is 417 g/mol. The maximum Gasteiger partial charge on any atom is 0.416 e. The quantitative estimate of drug-likeness (QED) is 0.487. The van der Waals surface area contributed by atoms with E-state index in [0.717, 1.165) is 29.8 Å². The first kappa shape index (κ1) is 21.8.